The third-order valence-electron chi connectivity index (χ3n) is 2.99. The molecule has 88 valence electrons. The van der Waals surface area contributed by atoms with Gasteiger partial charge in [0.15, 0.2) is 0 Å². The van der Waals surface area contributed by atoms with Gasteiger partial charge in [-0.25, -0.2) is 8.78 Å². The van der Waals surface area contributed by atoms with Crippen molar-refractivity contribution in [2.75, 3.05) is 0 Å². The zero-order valence-corrected chi connectivity index (χ0v) is 9.09. The average Bonchev–Trinajstić information content (AvgIpc) is 2.60. The van der Waals surface area contributed by atoms with E-state index in [0.717, 1.165) is 11.1 Å². The number of halogens is 3. The van der Waals surface area contributed by atoms with Crippen molar-refractivity contribution in [2.45, 2.75) is 25.1 Å². The molecule has 1 aliphatic rings. The molecule has 0 saturated heterocycles. The highest BCUT2D eigenvalue weighted by Crippen LogP contribution is 2.39. The maximum absolute atomic E-state index is 13.4. The molecular weight excluding hydrogens is 238 g/mol. The maximum Gasteiger partial charge on any atom is 0.300 e. The molecule has 0 saturated carbocycles. The molecule has 2 nitrogen and oxygen atoms in total. The van der Waals surface area contributed by atoms with Crippen LogP contribution in [0.4, 0.5) is 8.78 Å². The molecule has 1 unspecified atom stereocenters. The summed E-state index contributed by atoms with van der Waals surface area (Å²) in [7, 11) is 0. The van der Waals surface area contributed by atoms with Crippen LogP contribution >= 0.6 is 11.6 Å². The van der Waals surface area contributed by atoms with Gasteiger partial charge in [0.1, 0.15) is 0 Å². The fourth-order valence-electron chi connectivity index (χ4n) is 2.07. The van der Waals surface area contributed by atoms with Crippen LogP contribution in [0, 0.1) is 5.92 Å². The first kappa shape index (κ1) is 11.8. The molecule has 0 bridgehead atoms. The Balaban J connectivity index is 2.23. The molecule has 1 atom stereocenters. The fourth-order valence-corrected chi connectivity index (χ4v) is 2.26. The molecule has 5 heteroatoms. The minimum absolute atomic E-state index is 0.126. The van der Waals surface area contributed by atoms with Crippen LogP contribution in [0.25, 0.3) is 0 Å². The summed E-state index contributed by atoms with van der Waals surface area (Å²) < 4.78 is 26.8. The van der Waals surface area contributed by atoms with Gasteiger partial charge in [-0.1, -0.05) is 17.7 Å². The van der Waals surface area contributed by atoms with E-state index in [4.69, 9.17) is 21.8 Å². The molecule has 0 aliphatic heterocycles. The van der Waals surface area contributed by atoms with E-state index in [9.17, 15) is 8.78 Å². The monoisotopic (exact) mass is 248 g/mol. The van der Waals surface area contributed by atoms with E-state index in [0.29, 0.717) is 5.02 Å². The van der Waals surface area contributed by atoms with Gasteiger partial charge in [0, 0.05) is 10.9 Å². The van der Waals surface area contributed by atoms with Crippen LogP contribution in [-0.2, 0) is 12.8 Å². The maximum atomic E-state index is 13.4. The lowest BCUT2D eigenvalue weighted by Crippen LogP contribution is -2.41. The van der Waals surface area contributed by atoms with Crippen molar-refractivity contribution in [3.63, 3.8) is 0 Å². The first-order valence-electron chi connectivity index (χ1n) is 4.92. The zero-order chi connectivity index (χ0) is 11.9. The number of fused-ring (bicyclic) bond motifs is 1. The Morgan fingerprint density at radius 3 is 2.50 bits per heavy atom. The van der Waals surface area contributed by atoms with Crippen molar-refractivity contribution in [3.8, 4) is 0 Å². The Bertz CT molecular complexity index is 407. The molecule has 0 aromatic heterocycles. The third kappa shape index (κ3) is 1.93. The Morgan fingerprint density at radius 2 is 1.88 bits per heavy atom. The van der Waals surface area contributed by atoms with Gasteiger partial charge in [-0.15, -0.1) is 0 Å². The lowest BCUT2D eigenvalue weighted by Gasteiger charge is -2.24. The van der Waals surface area contributed by atoms with Crippen molar-refractivity contribution < 1.29 is 19.0 Å². The topological polar surface area (TPSA) is 40.5 Å². The summed E-state index contributed by atoms with van der Waals surface area (Å²) in [6.07, 6.45) is -2.33. The Kier molecular flexibility index (Phi) is 2.90. The van der Waals surface area contributed by atoms with Crippen LogP contribution in [-0.4, -0.2) is 22.4 Å². The Labute approximate surface area is 96.5 Å². The van der Waals surface area contributed by atoms with Gasteiger partial charge in [0.2, 0.25) is 6.29 Å². The predicted octanol–water partition coefficient (Wildman–Crippen LogP) is 2.00. The SMILES string of the molecule is OC(O)C(F)(F)C1Cc2ccc(Cl)cc2C1. The molecule has 0 amide bonds. The first-order chi connectivity index (χ1) is 7.41. The smallest absolute Gasteiger partial charge is 0.300 e. The lowest BCUT2D eigenvalue weighted by molar-refractivity contribution is -0.231. The van der Waals surface area contributed by atoms with Crippen LogP contribution in [0.2, 0.25) is 5.02 Å². The fraction of sp³-hybridized carbons (Fsp3) is 0.455. The molecule has 0 fully saturated rings. The molecule has 2 N–H and O–H groups in total. The minimum Gasteiger partial charge on any atom is -0.363 e. The normalized spacial score (nSPS) is 20.2. The summed E-state index contributed by atoms with van der Waals surface area (Å²) in [6, 6.07) is 5.00. The molecule has 1 aliphatic carbocycles. The molecular formula is C11H11ClF2O2. The van der Waals surface area contributed by atoms with Gasteiger partial charge in [-0.05, 0) is 36.1 Å². The number of hydrogen-bond donors (Lipinski definition) is 2. The van der Waals surface area contributed by atoms with Gasteiger partial charge in [-0.3, -0.25) is 0 Å². The summed E-state index contributed by atoms with van der Waals surface area (Å²) in [4.78, 5) is 0. The van der Waals surface area contributed by atoms with E-state index in [1.807, 2.05) is 0 Å². The van der Waals surface area contributed by atoms with E-state index in [1.54, 1.807) is 18.2 Å². The van der Waals surface area contributed by atoms with E-state index in [2.05, 4.69) is 0 Å². The van der Waals surface area contributed by atoms with E-state index < -0.39 is 18.1 Å². The number of hydrogen-bond acceptors (Lipinski definition) is 2. The second-order valence-electron chi connectivity index (χ2n) is 4.07. The predicted molar refractivity (Wildman–Crippen MR) is 55.5 cm³/mol. The van der Waals surface area contributed by atoms with Crippen molar-refractivity contribution in [3.05, 3.63) is 34.3 Å². The van der Waals surface area contributed by atoms with Gasteiger partial charge in [0.05, 0.1) is 0 Å². The van der Waals surface area contributed by atoms with E-state index in [1.165, 1.54) is 0 Å². The number of benzene rings is 1. The largest absolute Gasteiger partial charge is 0.363 e. The Hall–Kier alpha value is -0.710. The summed E-state index contributed by atoms with van der Waals surface area (Å²) in [5.74, 6) is -4.55. The highest BCUT2D eigenvalue weighted by atomic mass is 35.5. The average molecular weight is 249 g/mol. The molecule has 1 aromatic rings. The van der Waals surface area contributed by atoms with Gasteiger partial charge >= 0.3 is 5.92 Å². The third-order valence-corrected chi connectivity index (χ3v) is 3.22. The van der Waals surface area contributed by atoms with E-state index in [-0.39, 0.29) is 12.8 Å². The first-order valence-corrected chi connectivity index (χ1v) is 5.30. The minimum atomic E-state index is -3.48. The number of aliphatic hydroxyl groups is 2. The Morgan fingerprint density at radius 1 is 1.25 bits per heavy atom. The highest BCUT2D eigenvalue weighted by Gasteiger charge is 2.48. The molecule has 2 rings (SSSR count). The van der Waals surface area contributed by atoms with Gasteiger partial charge in [-0.2, -0.15) is 0 Å². The van der Waals surface area contributed by atoms with Crippen molar-refractivity contribution in [1.82, 2.24) is 0 Å². The molecule has 1 aromatic carbocycles. The number of rotatable bonds is 2. The zero-order valence-electron chi connectivity index (χ0n) is 8.33. The van der Waals surface area contributed by atoms with Crippen molar-refractivity contribution >= 4 is 11.6 Å². The standard InChI is InChI=1S/C11H11ClF2O2/c12-9-2-1-6-3-8(4-7(6)5-9)11(13,14)10(15)16/h1-2,5,8,10,15-16H,3-4H2. The second-order valence-corrected chi connectivity index (χ2v) is 4.50. The van der Waals surface area contributed by atoms with Crippen LogP contribution in [0.5, 0.6) is 0 Å². The van der Waals surface area contributed by atoms with Crippen LogP contribution in [0.15, 0.2) is 18.2 Å². The van der Waals surface area contributed by atoms with Gasteiger partial charge < -0.3 is 10.2 Å². The second kappa shape index (κ2) is 3.95. The summed E-state index contributed by atoms with van der Waals surface area (Å²) >= 11 is 5.76. The molecule has 0 radical (unpaired) electrons. The summed E-state index contributed by atoms with van der Waals surface area (Å²) in [5, 5.41) is 17.8. The van der Waals surface area contributed by atoms with Crippen LogP contribution in [0.1, 0.15) is 11.1 Å². The summed E-state index contributed by atoms with van der Waals surface area (Å²) in [5.41, 5.74) is 1.56. The lowest BCUT2D eigenvalue weighted by atomic mass is 9.97. The van der Waals surface area contributed by atoms with Crippen molar-refractivity contribution in [2.24, 2.45) is 5.92 Å². The quantitative estimate of drug-likeness (QED) is 0.786. The molecule has 0 heterocycles. The molecule has 16 heavy (non-hydrogen) atoms. The van der Waals surface area contributed by atoms with Crippen LogP contribution < -0.4 is 0 Å². The highest BCUT2D eigenvalue weighted by molar-refractivity contribution is 6.30. The molecule has 0 spiro atoms. The van der Waals surface area contributed by atoms with Crippen LogP contribution in [0.3, 0.4) is 0 Å². The number of alkyl halides is 2. The van der Waals surface area contributed by atoms with E-state index >= 15 is 0 Å². The number of aliphatic hydroxyl groups excluding tert-OH is 1. The summed E-state index contributed by atoms with van der Waals surface area (Å²) in [6.45, 7) is 0. The van der Waals surface area contributed by atoms with Gasteiger partial charge in [0.25, 0.3) is 0 Å². The van der Waals surface area contributed by atoms with Crippen molar-refractivity contribution in [1.29, 1.82) is 0 Å².